The fourth-order valence-electron chi connectivity index (χ4n) is 4.72. The molecule has 0 unspecified atom stereocenters. The molecule has 23 heavy (non-hydrogen) atoms. The van der Waals surface area contributed by atoms with Gasteiger partial charge in [0.2, 0.25) is 12.1 Å². The van der Waals surface area contributed by atoms with Crippen LogP contribution in [0.5, 0.6) is 0 Å². The van der Waals surface area contributed by atoms with Crippen LogP contribution in [0.1, 0.15) is 19.3 Å². The van der Waals surface area contributed by atoms with Crippen LogP contribution in [0.15, 0.2) is 12.2 Å². The SMILES string of the molecule is O=[N+]([O-])[C@@H]1[C@@H]2C=C[C@@]3(O2)[C@H]1CC[C@@H]([N+](=O)[O-])[C@@H]3C1SCCCS1. The monoisotopic (exact) mass is 358 g/mol. The predicted octanol–water partition coefficient (Wildman–Crippen LogP) is 2.21. The molecule has 2 saturated heterocycles. The average molecular weight is 358 g/mol. The van der Waals surface area contributed by atoms with Crippen LogP contribution in [-0.4, -0.2) is 49.7 Å². The highest BCUT2D eigenvalue weighted by Gasteiger charge is 2.71. The zero-order valence-electron chi connectivity index (χ0n) is 12.4. The van der Waals surface area contributed by atoms with Crippen LogP contribution in [-0.2, 0) is 4.74 Å². The number of hydrogen-bond acceptors (Lipinski definition) is 7. The first kappa shape index (κ1) is 15.7. The molecule has 9 heteroatoms. The van der Waals surface area contributed by atoms with E-state index in [4.69, 9.17) is 4.74 Å². The van der Waals surface area contributed by atoms with Crippen molar-refractivity contribution in [3.63, 3.8) is 0 Å². The molecule has 0 aromatic carbocycles. The average Bonchev–Trinajstić information content (AvgIpc) is 3.09. The summed E-state index contributed by atoms with van der Waals surface area (Å²) in [6.07, 6.45) is 5.17. The fraction of sp³-hybridized carbons (Fsp3) is 0.857. The van der Waals surface area contributed by atoms with Gasteiger partial charge in [0, 0.05) is 16.3 Å². The van der Waals surface area contributed by atoms with Crippen LogP contribution < -0.4 is 0 Å². The number of fused-ring (bicyclic) bond motifs is 1. The standard InChI is InChI=1S/C14H18N2O5S2/c17-15(18)9-3-2-8-12(16(19)20)10-4-5-14(8,21-10)11(9)13-22-6-1-7-23-13/h4-5,8-13H,1-3,6-7H2/t8-,9+,10-,11+,12-,14+/m0/s1. The van der Waals surface area contributed by atoms with Crippen molar-refractivity contribution >= 4 is 23.5 Å². The topological polar surface area (TPSA) is 95.5 Å². The second-order valence-electron chi connectivity index (χ2n) is 6.60. The molecular weight excluding hydrogens is 340 g/mol. The highest BCUT2D eigenvalue weighted by Crippen LogP contribution is 2.59. The van der Waals surface area contributed by atoms with Gasteiger partial charge in [-0.05, 0) is 24.3 Å². The molecule has 1 spiro atoms. The van der Waals surface area contributed by atoms with Gasteiger partial charge in [0.25, 0.3) is 0 Å². The van der Waals surface area contributed by atoms with Crippen LogP contribution in [0.2, 0.25) is 0 Å². The van der Waals surface area contributed by atoms with Gasteiger partial charge in [0.15, 0.2) is 0 Å². The Kier molecular flexibility index (Phi) is 3.85. The molecular formula is C14H18N2O5S2. The Morgan fingerprint density at radius 2 is 1.87 bits per heavy atom. The third-order valence-electron chi connectivity index (χ3n) is 5.58. The molecule has 3 heterocycles. The fourth-order valence-corrected chi connectivity index (χ4v) is 8.16. The number of thioether (sulfide) groups is 2. The Balaban J connectivity index is 1.74. The van der Waals surface area contributed by atoms with E-state index in [2.05, 4.69) is 0 Å². The molecule has 0 N–H and O–H groups in total. The van der Waals surface area contributed by atoms with E-state index in [1.807, 2.05) is 6.08 Å². The summed E-state index contributed by atoms with van der Waals surface area (Å²) in [5, 5.41) is 23.1. The quantitative estimate of drug-likeness (QED) is 0.433. The van der Waals surface area contributed by atoms with Crippen molar-refractivity contribution in [3.05, 3.63) is 32.4 Å². The van der Waals surface area contributed by atoms with Gasteiger partial charge in [0.1, 0.15) is 11.7 Å². The molecule has 6 atom stereocenters. The van der Waals surface area contributed by atoms with E-state index in [1.54, 1.807) is 29.6 Å². The van der Waals surface area contributed by atoms with Gasteiger partial charge in [-0.2, -0.15) is 0 Å². The maximum Gasteiger partial charge on any atom is 0.248 e. The predicted molar refractivity (Wildman–Crippen MR) is 87.8 cm³/mol. The van der Waals surface area contributed by atoms with Gasteiger partial charge >= 0.3 is 0 Å². The number of nitro groups is 2. The Bertz CT molecular complexity index is 567. The Labute approximate surface area is 141 Å². The summed E-state index contributed by atoms with van der Waals surface area (Å²) in [5.74, 6) is 1.45. The zero-order valence-corrected chi connectivity index (χ0v) is 14.0. The molecule has 0 aromatic rings. The third-order valence-corrected chi connectivity index (χ3v) is 8.69. The second kappa shape index (κ2) is 5.63. The maximum absolute atomic E-state index is 11.7. The number of rotatable bonds is 3. The molecule has 0 aromatic heterocycles. The van der Waals surface area contributed by atoms with Crippen molar-refractivity contribution in [2.24, 2.45) is 11.8 Å². The lowest BCUT2D eigenvalue weighted by Crippen LogP contribution is -2.58. The normalized spacial score (nSPS) is 45.8. The molecule has 1 saturated carbocycles. The molecule has 3 aliphatic heterocycles. The smallest absolute Gasteiger partial charge is 0.248 e. The van der Waals surface area contributed by atoms with Crippen molar-refractivity contribution in [1.82, 2.24) is 0 Å². The van der Waals surface area contributed by atoms with Crippen LogP contribution >= 0.6 is 23.5 Å². The largest absolute Gasteiger partial charge is 0.355 e. The molecule has 0 radical (unpaired) electrons. The Hall–Kier alpha value is -0.800. The molecule has 126 valence electrons. The summed E-state index contributed by atoms with van der Waals surface area (Å²) in [4.78, 5) is 22.7. The van der Waals surface area contributed by atoms with Gasteiger partial charge in [-0.25, -0.2) is 0 Å². The summed E-state index contributed by atoms with van der Waals surface area (Å²) in [6.45, 7) is 0. The highest BCUT2D eigenvalue weighted by atomic mass is 32.2. The molecule has 2 bridgehead atoms. The summed E-state index contributed by atoms with van der Waals surface area (Å²) in [5.41, 5.74) is -0.819. The third kappa shape index (κ3) is 2.23. The van der Waals surface area contributed by atoms with Crippen molar-refractivity contribution in [2.75, 3.05) is 11.5 Å². The van der Waals surface area contributed by atoms with Crippen molar-refractivity contribution < 1.29 is 14.6 Å². The van der Waals surface area contributed by atoms with Crippen LogP contribution in [0.3, 0.4) is 0 Å². The van der Waals surface area contributed by atoms with Crippen LogP contribution in [0.4, 0.5) is 0 Å². The minimum Gasteiger partial charge on any atom is -0.355 e. The summed E-state index contributed by atoms with van der Waals surface area (Å²) < 4.78 is 6.18. The van der Waals surface area contributed by atoms with E-state index in [-0.39, 0.29) is 26.3 Å². The van der Waals surface area contributed by atoms with E-state index in [1.165, 1.54) is 0 Å². The van der Waals surface area contributed by atoms with E-state index in [0.717, 1.165) is 17.9 Å². The summed E-state index contributed by atoms with van der Waals surface area (Å²) >= 11 is 3.51. The lowest BCUT2D eigenvalue weighted by Gasteiger charge is -2.46. The van der Waals surface area contributed by atoms with Gasteiger partial charge in [-0.1, -0.05) is 12.2 Å². The van der Waals surface area contributed by atoms with Gasteiger partial charge in [-0.15, -0.1) is 23.5 Å². The Morgan fingerprint density at radius 1 is 1.13 bits per heavy atom. The zero-order chi connectivity index (χ0) is 16.2. The summed E-state index contributed by atoms with van der Waals surface area (Å²) in [7, 11) is 0. The minimum atomic E-state index is -0.819. The molecule has 4 rings (SSSR count). The molecule has 1 aliphatic carbocycles. The van der Waals surface area contributed by atoms with E-state index in [0.29, 0.717) is 12.8 Å². The lowest BCUT2D eigenvalue weighted by molar-refractivity contribution is -0.548. The first-order chi connectivity index (χ1) is 11.0. The van der Waals surface area contributed by atoms with Gasteiger partial charge < -0.3 is 4.74 Å². The van der Waals surface area contributed by atoms with E-state index in [9.17, 15) is 20.2 Å². The molecule has 0 amide bonds. The number of hydrogen-bond donors (Lipinski definition) is 0. The maximum atomic E-state index is 11.7. The number of ether oxygens (including phenoxy) is 1. The number of nitrogens with zero attached hydrogens (tertiary/aromatic N) is 2. The minimum absolute atomic E-state index is 0.0795. The molecule has 4 aliphatic rings. The second-order valence-corrected chi connectivity index (χ2v) is 9.39. The van der Waals surface area contributed by atoms with E-state index >= 15 is 0 Å². The van der Waals surface area contributed by atoms with Crippen molar-refractivity contribution in [1.29, 1.82) is 0 Å². The van der Waals surface area contributed by atoms with Crippen molar-refractivity contribution in [3.8, 4) is 0 Å². The summed E-state index contributed by atoms with van der Waals surface area (Å²) in [6, 6.07) is -1.43. The highest BCUT2D eigenvalue weighted by molar-refractivity contribution is 8.17. The lowest BCUT2D eigenvalue weighted by atomic mass is 9.63. The molecule has 7 nitrogen and oxygen atoms in total. The van der Waals surface area contributed by atoms with Gasteiger partial charge in [-0.3, -0.25) is 20.2 Å². The van der Waals surface area contributed by atoms with Crippen LogP contribution in [0, 0.1) is 32.1 Å². The van der Waals surface area contributed by atoms with Crippen LogP contribution in [0.25, 0.3) is 0 Å². The Morgan fingerprint density at radius 3 is 2.52 bits per heavy atom. The first-order valence-electron chi connectivity index (χ1n) is 7.92. The van der Waals surface area contributed by atoms with Gasteiger partial charge in [0.05, 0.1) is 16.4 Å². The van der Waals surface area contributed by atoms with E-state index < -0.39 is 23.8 Å². The van der Waals surface area contributed by atoms with Crippen molar-refractivity contribution in [2.45, 2.75) is 47.6 Å². The molecule has 3 fully saturated rings. The first-order valence-corrected chi connectivity index (χ1v) is 10.0.